The maximum Gasteiger partial charge on any atom is 0.247 e. The van der Waals surface area contributed by atoms with Crippen molar-refractivity contribution < 1.29 is 23.1 Å². The second kappa shape index (κ2) is 10.3. The van der Waals surface area contributed by atoms with Crippen LogP contribution in [0.3, 0.4) is 0 Å². The highest BCUT2D eigenvalue weighted by Crippen LogP contribution is 2.35. The Balaban J connectivity index is 1.69. The van der Waals surface area contributed by atoms with E-state index in [9.17, 15) is 18.3 Å². The molecule has 34 heavy (non-hydrogen) atoms. The van der Waals surface area contributed by atoms with Crippen LogP contribution < -0.4 is 4.74 Å². The second-order valence-electron chi connectivity index (χ2n) is 10.1. The Morgan fingerprint density at radius 2 is 1.97 bits per heavy atom. The summed E-state index contributed by atoms with van der Waals surface area (Å²) in [6.07, 6.45) is 6.09. The predicted molar refractivity (Wildman–Crippen MR) is 130 cm³/mol. The number of aliphatic hydroxyl groups is 1. The average molecular weight is 489 g/mol. The van der Waals surface area contributed by atoms with Gasteiger partial charge >= 0.3 is 0 Å². The number of sulfonamides is 1. The fraction of sp³-hybridized carbons (Fsp3) is 0.654. The zero-order valence-electron chi connectivity index (χ0n) is 20.4. The van der Waals surface area contributed by atoms with E-state index in [0.717, 1.165) is 31.2 Å². The molecular formula is C26H36N2O5S. The van der Waals surface area contributed by atoms with Gasteiger partial charge in [0.2, 0.25) is 15.9 Å². The average Bonchev–Trinajstić information content (AvgIpc) is 3.53. The van der Waals surface area contributed by atoms with Gasteiger partial charge in [0.15, 0.2) is 0 Å². The lowest BCUT2D eigenvalue weighted by molar-refractivity contribution is -0.132. The monoisotopic (exact) mass is 488 g/mol. The minimum Gasteiger partial charge on any atom is -0.487 e. The number of amides is 1. The Labute approximate surface area is 203 Å². The van der Waals surface area contributed by atoms with Crippen LogP contribution in [0.25, 0.3) is 0 Å². The summed E-state index contributed by atoms with van der Waals surface area (Å²) in [7, 11) is -2.10. The van der Waals surface area contributed by atoms with Crippen molar-refractivity contribution in [2.45, 2.75) is 69.4 Å². The van der Waals surface area contributed by atoms with Crippen LogP contribution in [0.4, 0.5) is 0 Å². The topological polar surface area (TPSA) is 87.2 Å². The van der Waals surface area contributed by atoms with E-state index in [2.05, 4.69) is 11.8 Å². The van der Waals surface area contributed by atoms with Crippen LogP contribution in [0.1, 0.15) is 57.9 Å². The Hall–Kier alpha value is -2.08. The van der Waals surface area contributed by atoms with E-state index in [4.69, 9.17) is 4.74 Å². The number of ether oxygens (including phenoxy) is 1. The van der Waals surface area contributed by atoms with Gasteiger partial charge in [-0.25, -0.2) is 8.42 Å². The van der Waals surface area contributed by atoms with Crippen molar-refractivity contribution >= 4 is 15.9 Å². The van der Waals surface area contributed by atoms with Gasteiger partial charge in [0.25, 0.3) is 0 Å². The lowest BCUT2D eigenvalue weighted by atomic mass is 10.0. The Morgan fingerprint density at radius 1 is 1.26 bits per heavy atom. The van der Waals surface area contributed by atoms with Crippen molar-refractivity contribution in [2.75, 3.05) is 26.7 Å². The van der Waals surface area contributed by atoms with Gasteiger partial charge < -0.3 is 14.7 Å². The highest BCUT2D eigenvalue weighted by atomic mass is 32.2. The highest BCUT2D eigenvalue weighted by Gasteiger charge is 2.39. The number of rotatable bonds is 5. The molecule has 1 amide bonds. The molecule has 0 saturated heterocycles. The summed E-state index contributed by atoms with van der Waals surface area (Å²) in [6, 6.07) is 4.43. The molecule has 1 aromatic carbocycles. The quantitative estimate of drug-likeness (QED) is 0.644. The maximum atomic E-state index is 13.6. The zero-order valence-corrected chi connectivity index (χ0v) is 21.2. The molecule has 8 heteroatoms. The molecule has 2 aliphatic carbocycles. The zero-order chi connectivity index (χ0) is 24.5. The molecule has 1 heterocycles. The van der Waals surface area contributed by atoms with Crippen LogP contribution in [0.5, 0.6) is 5.75 Å². The summed E-state index contributed by atoms with van der Waals surface area (Å²) in [5.74, 6) is 7.21. The Bertz CT molecular complexity index is 1070. The number of carbonyl (C=O) groups is 1. The molecule has 3 aliphatic rings. The minimum absolute atomic E-state index is 0.0762. The van der Waals surface area contributed by atoms with E-state index in [-0.39, 0.29) is 41.5 Å². The van der Waals surface area contributed by atoms with E-state index < -0.39 is 22.2 Å². The van der Waals surface area contributed by atoms with Crippen LogP contribution in [-0.2, 0) is 14.8 Å². The van der Waals surface area contributed by atoms with Crippen LogP contribution in [0.15, 0.2) is 23.1 Å². The minimum atomic E-state index is -3.89. The molecule has 3 atom stereocenters. The molecule has 186 valence electrons. The Kier molecular flexibility index (Phi) is 7.56. The SMILES string of the molecule is C[C@H]1CN([C@@H](C)CO)S(=O)(=O)c2ccc(C#CC3CCCC3)cc2O[C@@H]1CN(C)C(=O)C1CC1. The van der Waals surface area contributed by atoms with Gasteiger partial charge in [-0.1, -0.05) is 31.6 Å². The third-order valence-corrected chi connectivity index (χ3v) is 9.22. The van der Waals surface area contributed by atoms with Crippen LogP contribution >= 0.6 is 0 Å². The van der Waals surface area contributed by atoms with Crippen molar-refractivity contribution in [1.82, 2.24) is 9.21 Å². The van der Waals surface area contributed by atoms with E-state index in [1.165, 1.54) is 17.1 Å². The van der Waals surface area contributed by atoms with Gasteiger partial charge in [-0.15, -0.1) is 0 Å². The second-order valence-corrected chi connectivity index (χ2v) is 12.0. The van der Waals surface area contributed by atoms with Crippen molar-refractivity contribution in [3.8, 4) is 17.6 Å². The number of aliphatic hydroxyl groups excluding tert-OH is 1. The summed E-state index contributed by atoms with van der Waals surface area (Å²) in [5.41, 5.74) is 0.719. The van der Waals surface area contributed by atoms with E-state index in [1.54, 1.807) is 37.1 Å². The fourth-order valence-electron chi connectivity index (χ4n) is 4.78. The molecule has 0 bridgehead atoms. The standard InChI is InChI=1S/C26H36N2O5S/c1-18-15-28(19(2)17-29)34(31,32)25-13-10-21(9-8-20-6-4-5-7-20)14-23(25)33-24(18)16-27(3)26(30)22-11-12-22/h10,13-14,18-20,22,24,29H,4-7,11-12,15-17H2,1-3H3/t18-,19-,24+/m0/s1. The summed E-state index contributed by atoms with van der Waals surface area (Å²) in [5, 5.41) is 9.78. The number of fused-ring (bicyclic) bond motifs is 1. The van der Waals surface area contributed by atoms with Crippen LogP contribution in [-0.4, -0.2) is 67.5 Å². The third kappa shape index (κ3) is 5.42. The Morgan fingerprint density at radius 3 is 2.62 bits per heavy atom. The molecule has 0 unspecified atom stereocenters. The van der Waals surface area contributed by atoms with Crippen molar-refractivity contribution in [3.63, 3.8) is 0 Å². The first-order valence-corrected chi connectivity index (χ1v) is 13.8. The van der Waals surface area contributed by atoms with Gasteiger partial charge in [-0.2, -0.15) is 4.31 Å². The number of hydrogen-bond donors (Lipinski definition) is 1. The molecule has 4 rings (SSSR count). The van der Waals surface area contributed by atoms with Crippen molar-refractivity contribution in [2.24, 2.45) is 17.8 Å². The molecule has 0 spiro atoms. The number of nitrogens with zero attached hydrogens (tertiary/aromatic N) is 2. The third-order valence-electron chi connectivity index (χ3n) is 7.20. The first kappa shape index (κ1) is 25.0. The van der Waals surface area contributed by atoms with Gasteiger partial charge in [0.05, 0.1) is 13.2 Å². The van der Waals surface area contributed by atoms with Gasteiger partial charge in [0.1, 0.15) is 16.7 Å². The molecule has 2 fully saturated rings. The first-order valence-electron chi connectivity index (χ1n) is 12.4. The summed E-state index contributed by atoms with van der Waals surface area (Å²) in [6.45, 7) is 3.92. The van der Waals surface area contributed by atoms with E-state index >= 15 is 0 Å². The molecule has 2 saturated carbocycles. The first-order chi connectivity index (χ1) is 16.2. The molecule has 1 N–H and O–H groups in total. The molecular weight excluding hydrogens is 452 g/mol. The van der Waals surface area contributed by atoms with Crippen molar-refractivity contribution in [1.29, 1.82) is 0 Å². The van der Waals surface area contributed by atoms with Crippen molar-refractivity contribution in [3.05, 3.63) is 23.8 Å². The van der Waals surface area contributed by atoms with E-state index in [0.29, 0.717) is 12.5 Å². The molecule has 7 nitrogen and oxygen atoms in total. The fourth-order valence-corrected chi connectivity index (χ4v) is 6.60. The largest absolute Gasteiger partial charge is 0.487 e. The number of benzene rings is 1. The lowest BCUT2D eigenvalue weighted by Gasteiger charge is -2.37. The van der Waals surface area contributed by atoms with Crippen LogP contribution in [0.2, 0.25) is 0 Å². The van der Waals surface area contributed by atoms with Gasteiger partial charge in [-0.05, 0) is 50.8 Å². The highest BCUT2D eigenvalue weighted by molar-refractivity contribution is 7.89. The van der Waals surface area contributed by atoms with E-state index in [1.807, 2.05) is 6.92 Å². The van der Waals surface area contributed by atoms with Crippen LogP contribution in [0, 0.1) is 29.6 Å². The number of likely N-dealkylation sites (N-methyl/N-ethyl adjacent to an activating group) is 1. The normalized spacial score (nSPS) is 25.8. The predicted octanol–water partition coefficient (Wildman–Crippen LogP) is 2.87. The molecule has 1 aliphatic heterocycles. The maximum absolute atomic E-state index is 13.6. The molecule has 1 aromatic rings. The number of hydrogen-bond acceptors (Lipinski definition) is 5. The summed E-state index contributed by atoms with van der Waals surface area (Å²) >= 11 is 0. The molecule has 0 radical (unpaired) electrons. The smallest absolute Gasteiger partial charge is 0.247 e. The lowest BCUT2D eigenvalue weighted by Crippen LogP contribution is -2.50. The summed E-state index contributed by atoms with van der Waals surface area (Å²) < 4.78 is 34.9. The number of carbonyl (C=O) groups excluding carboxylic acids is 1. The molecule has 0 aromatic heterocycles. The van der Waals surface area contributed by atoms with Gasteiger partial charge in [-0.3, -0.25) is 4.79 Å². The summed E-state index contributed by atoms with van der Waals surface area (Å²) in [4.78, 5) is 14.4. The van der Waals surface area contributed by atoms with Gasteiger partial charge in [0, 0.05) is 43.0 Å².